The summed E-state index contributed by atoms with van der Waals surface area (Å²) in [6.45, 7) is 0.598. The van der Waals surface area contributed by atoms with Crippen molar-refractivity contribution in [2.45, 2.75) is 12.5 Å². The van der Waals surface area contributed by atoms with E-state index in [2.05, 4.69) is 10.3 Å². The smallest absolute Gasteiger partial charge is 0.311 e. The molecule has 7 heteroatoms. The number of nitro groups is 1. The van der Waals surface area contributed by atoms with Crippen LogP contribution in [0.25, 0.3) is 0 Å². The summed E-state index contributed by atoms with van der Waals surface area (Å²) in [6.07, 6.45) is 0.711. The van der Waals surface area contributed by atoms with Crippen LogP contribution in [0.4, 0.5) is 17.3 Å². The van der Waals surface area contributed by atoms with Gasteiger partial charge in [-0.1, -0.05) is 30.3 Å². The molecule has 1 atom stereocenters. The minimum atomic E-state index is -0.558. The second-order valence-corrected chi connectivity index (χ2v) is 4.59. The number of pyridine rings is 1. The lowest BCUT2D eigenvalue weighted by molar-refractivity contribution is -0.384. The Labute approximate surface area is 122 Å². The molecule has 0 radical (unpaired) electrons. The maximum Gasteiger partial charge on any atom is 0.311 e. The number of nitrogens with zero attached hydrogens (tertiary/aromatic N) is 2. The highest BCUT2D eigenvalue weighted by molar-refractivity contribution is 5.57. The van der Waals surface area contributed by atoms with E-state index < -0.39 is 4.92 Å². The van der Waals surface area contributed by atoms with E-state index in [1.807, 2.05) is 30.3 Å². The highest BCUT2D eigenvalue weighted by Gasteiger charge is 2.12. The molecule has 0 amide bonds. The summed E-state index contributed by atoms with van der Waals surface area (Å²) in [5, 5.41) is 13.7. The highest BCUT2D eigenvalue weighted by atomic mass is 16.6. The van der Waals surface area contributed by atoms with Crippen molar-refractivity contribution in [2.75, 3.05) is 17.6 Å². The molecule has 1 aromatic carbocycles. The van der Waals surface area contributed by atoms with E-state index in [-0.39, 0.29) is 17.5 Å². The minimum Gasteiger partial charge on any atom is -0.378 e. The van der Waals surface area contributed by atoms with Crippen LogP contribution >= 0.6 is 0 Å². The Morgan fingerprint density at radius 3 is 2.57 bits per heavy atom. The Morgan fingerprint density at radius 2 is 1.95 bits per heavy atom. The molecule has 7 nitrogen and oxygen atoms in total. The molecule has 0 bridgehead atoms. The molecule has 5 N–H and O–H groups in total. The highest BCUT2D eigenvalue weighted by Crippen LogP contribution is 2.21. The third-order valence-electron chi connectivity index (χ3n) is 3.09. The molecule has 0 aliphatic rings. The van der Waals surface area contributed by atoms with Crippen LogP contribution < -0.4 is 16.8 Å². The van der Waals surface area contributed by atoms with Gasteiger partial charge >= 0.3 is 5.69 Å². The van der Waals surface area contributed by atoms with Crippen molar-refractivity contribution in [1.29, 1.82) is 0 Å². The molecular weight excluding hydrogens is 270 g/mol. The summed E-state index contributed by atoms with van der Waals surface area (Å²) >= 11 is 0. The van der Waals surface area contributed by atoms with E-state index in [9.17, 15) is 10.1 Å². The number of hydrogen-bond donors (Lipinski definition) is 3. The lowest BCUT2D eigenvalue weighted by Gasteiger charge is -2.13. The minimum absolute atomic E-state index is 0.0749. The normalized spacial score (nSPS) is 11.9. The first-order valence-electron chi connectivity index (χ1n) is 6.53. The van der Waals surface area contributed by atoms with Crippen LogP contribution in [0.1, 0.15) is 18.0 Å². The lowest BCUT2D eigenvalue weighted by atomic mass is 10.1. The number of nitrogens with two attached hydrogens (primary N) is 2. The van der Waals surface area contributed by atoms with Crippen LogP contribution in [0.15, 0.2) is 42.5 Å². The van der Waals surface area contributed by atoms with Crippen molar-refractivity contribution < 1.29 is 4.92 Å². The molecule has 0 fully saturated rings. The summed E-state index contributed by atoms with van der Waals surface area (Å²) in [4.78, 5) is 14.0. The molecule has 0 aliphatic heterocycles. The zero-order valence-corrected chi connectivity index (χ0v) is 11.4. The van der Waals surface area contributed by atoms with E-state index in [0.717, 1.165) is 5.56 Å². The Kier molecular flexibility index (Phi) is 4.68. The summed E-state index contributed by atoms with van der Waals surface area (Å²) in [6, 6.07) is 12.6. The summed E-state index contributed by atoms with van der Waals surface area (Å²) < 4.78 is 0. The predicted octanol–water partition coefficient (Wildman–Crippen LogP) is 2.07. The molecular formula is C14H17N5O2. The first-order chi connectivity index (χ1) is 10.1. The van der Waals surface area contributed by atoms with Gasteiger partial charge in [-0.3, -0.25) is 10.1 Å². The van der Waals surface area contributed by atoms with E-state index in [1.165, 1.54) is 12.1 Å². The summed E-state index contributed by atoms with van der Waals surface area (Å²) in [7, 11) is 0. The number of hydrogen-bond acceptors (Lipinski definition) is 6. The fourth-order valence-corrected chi connectivity index (χ4v) is 1.94. The summed E-state index contributed by atoms with van der Waals surface area (Å²) in [5.74, 6) is 0.399. The van der Waals surface area contributed by atoms with Crippen molar-refractivity contribution in [3.05, 3.63) is 58.1 Å². The Bertz CT molecular complexity index is 618. The van der Waals surface area contributed by atoms with Gasteiger partial charge in [0, 0.05) is 18.7 Å². The third kappa shape index (κ3) is 3.90. The van der Waals surface area contributed by atoms with Crippen molar-refractivity contribution in [3.8, 4) is 0 Å². The van der Waals surface area contributed by atoms with Crippen LogP contribution in [0.2, 0.25) is 0 Å². The molecule has 1 heterocycles. The molecule has 1 aromatic heterocycles. The number of anilines is 2. The Hall–Kier alpha value is -2.67. The molecule has 0 saturated carbocycles. The van der Waals surface area contributed by atoms with E-state index in [4.69, 9.17) is 11.5 Å². The average Bonchev–Trinajstić information content (AvgIpc) is 2.47. The van der Waals surface area contributed by atoms with Gasteiger partial charge in [-0.15, -0.1) is 0 Å². The second kappa shape index (κ2) is 6.67. The van der Waals surface area contributed by atoms with Gasteiger partial charge in [0.2, 0.25) is 5.82 Å². The average molecular weight is 287 g/mol. The molecule has 1 unspecified atom stereocenters. The van der Waals surface area contributed by atoms with Gasteiger partial charge in [0.25, 0.3) is 0 Å². The van der Waals surface area contributed by atoms with Gasteiger partial charge in [0.15, 0.2) is 0 Å². The van der Waals surface area contributed by atoms with E-state index >= 15 is 0 Å². The lowest BCUT2D eigenvalue weighted by Crippen LogP contribution is -2.15. The zero-order chi connectivity index (χ0) is 15.2. The fraction of sp³-hybridized carbons (Fsp3) is 0.214. The van der Waals surface area contributed by atoms with Crippen molar-refractivity contribution in [3.63, 3.8) is 0 Å². The van der Waals surface area contributed by atoms with Gasteiger partial charge in [0.1, 0.15) is 5.82 Å². The van der Waals surface area contributed by atoms with Crippen LogP contribution in [-0.2, 0) is 0 Å². The third-order valence-corrected chi connectivity index (χ3v) is 3.09. The topological polar surface area (TPSA) is 120 Å². The van der Waals surface area contributed by atoms with Crippen molar-refractivity contribution in [2.24, 2.45) is 5.73 Å². The van der Waals surface area contributed by atoms with E-state index in [1.54, 1.807) is 0 Å². The first kappa shape index (κ1) is 14.7. The number of aromatic nitrogens is 1. The molecule has 0 spiro atoms. The molecule has 0 saturated heterocycles. The molecule has 0 aliphatic carbocycles. The first-order valence-corrected chi connectivity index (χ1v) is 6.53. The maximum atomic E-state index is 10.6. The fourth-order valence-electron chi connectivity index (χ4n) is 1.94. The molecule has 110 valence electrons. The number of benzene rings is 1. The molecule has 2 rings (SSSR count). The quantitative estimate of drug-likeness (QED) is 0.552. The van der Waals surface area contributed by atoms with Crippen molar-refractivity contribution >= 4 is 17.3 Å². The monoisotopic (exact) mass is 287 g/mol. The Balaban J connectivity index is 1.89. The molecule has 2 aromatic rings. The second-order valence-electron chi connectivity index (χ2n) is 4.59. The maximum absolute atomic E-state index is 10.6. The number of rotatable bonds is 6. The van der Waals surface area contributed by atoms with Crippen LogP contribution in [0.5, 0.6) is 0 Å². The van der Waals surface area contributed by atoms with Crippen LogP contribution in [0.3, 0.4) is 0 Å². The number of nitrogens with one attached hydrogen (secondary N) is 1. The predicted molar refractivity (Wildman–Crippen MR) is 81.8 cm³/mol. The Morgan fingerprint density at radius 1 is 1.24 bits per heavy atom. The van der Waals surface area contributed by atoms with Gasteiger partial charge in [-0.2, -0.15) is 0 Å². The standard InChI is InChI=1S/C14H17N5O2/c15-11(10-4-2-1-3-5-10)8-9-17-13-7-6-12(19(20)21)14(16)18-13/h1-7,11H,8-9,15H2,(H3,16,17,18). The van der Waals surface area contributed by atoms with Crippen LogP contribution in [0, 0.1) is 10.1 Å². The molecule has 21 heavy (non-hydrogen) atoms. The summed E-state index contributed by atoms with van der Waals surface area (Å²) in [5.41, 5.74) is 12.5. The zero-order valence-electron chi connectivity index (χ0n) is 11.4. The van der Waals surface area contributed by atoms with E-state index in [0.29, 0.717) is 18.8 Å². The van der Waals surface area contributed by atoms with Gasteiger partial charge < -0.3 is 16.8 Å². The van der Waals surface area contributed by atoms with Gasteiger partial charge in [-0.05, 0) is 18.1 Å². The largest absolute Gasteiger partial charge is 0.378 e. The number of nitrogen functional groups attached to an aromatic ring is 1. The SMILES string of the molecule is Nc1nc(NCCC(N)c2ccccc2)ccc1[N+](=O)[O-]. The van der Waals surface area contributed by atoms with Gasteiger partial charge in [-0.25, -0.2) is 4.98 Å². The van der Waals surface area contributed by atoms with Crippen LogP contribution in [-0.4, -0.2) is 16.5 Å². The van der Waals surface area contributed by atoms with Crippen molar-refractivity contribution in [1.82, 2.24) is 4.98 Å². The van der Waals surface area contributed by atoms with Gasteiger partial charge in [0.05, 0.1) is 4.92 Å².